The summed E-state index contributed by atoms with van der Waals surface area (Å²) in [6.07, 6.45) is 2.88. The number of aliphatic hydroxyl groups excluding tert-OH is 1. The van der Waals surface area contributed by atoms with E-state index >= 15 is 0 Å². The fourth-order valence-corrected chi connectivity index (χ4v) is 2.96. The molecular formula is C9H17NO. The van der Waals surface area contributed by atoms with Crippen molar-refractivity contribution in [1.29, 1.82) is 0 Å². The van der Waals surface area contributed by atoms with E-state index in [0.29, 0.717) is 5.92 Å². The smallest absolute Gasteiger partial charge is 0.0727 e. The van der Waals surface area contributed by atoms with Gasteiger partial charge in [0.1, 0.15) is 0 Å². The molecule has 0 spiro atoms. The van der Waals surface area contributed by atoms with Crippen LogP contribution in [0.3, 0.4) is 0 Å². The number of nitrogens with two attached hydrogens (primary N) is 1. The van der Waals surface area contributed by atoms with Crippen LogP contribution in [-0.2, 0) is 0 Å². The minimum atomic E-state index is -0.280. The molecule has 2 aliphatic carbocycles. The molecule has 64 valence electrons. The molecule has 2 bridgehead atoms. The van der Waals surface area contributed by atoms with Crippen molar-refractivity contribution in [3.05, 3.63) is 0 Å². The molecule has 2 heteroatoms. The average molecular weight is 155 g/mol. The number of hydrogen-bond acceptors (Lipinski definition) is 2. The van der Waals surface area contributed by atoms with E-state index < -0.39 is 0 Å². The van der Waals surface area contributed by atoms with E-state index in [0.717, 1.165) is 12.8 Å². The van der Waals surface area contributed by atoms with Crippen molar-refractivity contribution in [3.8, 4) is 0 Å². The van der Waals surface area contributed by atoms with E-state index in [-0.39, 0.29) is 17.1 Å². The first-order chi connectivity index (χ1) is 4.98. The van der Waals surface area contributed by atoms with Gasteiger partial charge < -0.3 is 10.8 Å². The van der Waals surface area contributed by atoms with Crippen LogP contribution in [0.4, 0.5) is 0 Å². The van der Waals surface area contributed by atoms with E-state index in [2.05, 4.69) is 13.8 Å². The Balaban J connectivity index is 2.40. The molecule has 3 atom stereocenters. The molecule has 0 heterocycles. The summed E-state index contributed by atoms with van der Waals surface area (Å²) in [5.74, 6) is 0.655. The van der Waals surface area contributed by atoms with Gasteiger partial charge in [0.25, 0.3) is 0 Å². The average Bonchev–Trinajstić information content (AvgIpc) is 2.20. The van der Waals surface area contributed by atoms with Gasteiger partial charge in [-0.15, -0.1) is 0 Å². The van der Waals surface area contributed by atoms with Crippen LogP contribution in [0.1, 0.15) is 33.1 Å². The molecule has 2 fully saturated rings. The molecule has 3 N–H and O–H groups in total. The Morgan fingerprint density at radius 1 is 1.45 bits per heavy atom. The lowest BCUT2D eigenvalue weighted by Crippen LogP contribution is -2.54. The van der Waals surface area contributed by atoms with Gasteiger partial charge in [0.15, 0.2) is 0 Å². The standard InChI is InChI=1S/C9H17NO/c1-8(2)6-3-4-9(8,10)7(11)5-6/h6-7,11H,3-5,10H2,1-2H3/t6-,7+,9+/m1/s1. The maximum Gasteiger partial charge on any atom is 0.0727 e. The van der Waals surface area contributed by atoms with Crippen LogP contribution in [0.25, 0.3) is 0 Å². The van der Waals surface area contributed by atoms with Crippen molar-refractivity contribution in [2.75, 3.05) is 0 Å². The highest BCUT2D eigenvalue weighted by Crippen LogP contribution is 2.58. The zero-order valence-corrected chi connectivity index (χ0v) is 7.30. The largest absolute Gasteiger partial charge is 0.391 e. The molecule has 0 aromatic rings. The first-order valence-electron chi connectivity index (χ1n) is 4.45. The van der Waals surface area contributed by atoms with Gasteiger partial charge in [-0.05, 0) is 30.6 Å². The summed E-state index contributed by atoms with van der Waals surface area (Å²) in [6, 6.07) is 0. The number of aliphatic hydroxyl groups is 1. The topological polar surface area (TPSA) is 46.2 Å². The Morgan fingerprint density at radius 3 is 2.27 bits per heavy atom. The lowest BCUT2D eigenvalue weighted by Gasteiger charge is -2.36. The molecule has 2 aliphatic rings. The molecule has 2 rings (SSSR count). The Kier molecular flexibility index (Phi) is 1.24. The SMILES string of the molecule is CC1(C)[C@@H]2CC[C@]1(N)[C@@H](O)C2. The summed E-state index contributed by atoms with van der Waals surface area (Å²) in [4.78, 5) is 0. The fraction of sp³-hybridized carbons (Fsp3) is 1.00. The minimum absolute atomic E-state index is 0.159. The molecule has 2 saturated carbocycles. The summed E-state index contributed by atoms with van der Waals surface area (Å²) in [5, 5.41) is 9.69. The molecule has 0 amide bonds. The molecule has 11 heavy (non-hydrogen) atoms. The second-order valence-electron chi connectivity index (χ2n) is 4.75. The molecule has 0 aliphatic heterocycles. The third kappa shape index (κ3) is 0.651. The van der Waals surface area contributed by atoms with Crippen molar-refractivity contribution in [1.82, 2.24) is 0 Å². The maximum absolute atomic E-state index is 9.69. The summed E-state index contributed by atoms with van der Waals surface area (Å²) in [7, 11) is 0. The quantitative estimate of drug-likeness (QED) is 0.545. The minimum Gasteiger partial charge on any atom is -0.391 e. The zero-order valence-electron chi connectivity index (χ0n) is 7.30. The summed E-state index contributed by atoms with van der Waals surface area (Å²) < 4.78 is 0. The highest BCUT2D eigenvalue weighted by molar-refractivity contribution is 5.16. The Labute approximate surface area is 67.8 Å². The van der Waals surface area contributed by atoms with E-state index in [9.17, 15) is 5.11 Å². The van der Waals surface area contributed by atoms with Crippen LogP contribution >= 0.6 is 0 Å². The van der Waals surface area contributed by atoms with Gasteiger partial charge >= 0.3 is 0 Å². The molecule has 2 nitrogen and oxygen atoms in total. The predicted octanol–water partition coefficient (Wildman–Crippen LogP) is 0.885. The summed E-state index contributed by atoms with van der Waals surface area (Å²) in [6.45, 7) is 4.39. The van der Waals surface area contributed by atoms with E-state index in [1.165, 1.54) is 6.42 Å². The predicted molar refractivity (Wildman–Crippen MR) is 44.0 cm³/mol. The van der Waals surface area contributed by atoms with Crippen molar-refractivity contribution in [2.45, 2.75) is 44.8 Å². The van der Waals surface area contributed by atoms with Gasteiger partial charge in [0.05, 0.1) is 6.10 Å². The van der Waals surface area contributed by atoms with E-state index in [1.54, 1.807) is 0 Å². The molecule has 0 radical (unpaired) electrons. The second kappa shape index (κ2) is 1.80. The summed E-state index contributed by atoms with van der Waals surface area (Å²) >= 11 is 0. The van der Waals surface area contributed by atoms with Crippen LogP contribution < -0.4 is 5.73 Å². The van der Waals surface area contributed by atoms with Crippen LogP contribution in [0.5, 0.6) is 0 Å². The monoisotopic (exact) mass is 155 g/mol. The van der Waals surface area contributed by atoms with Crippen LogP contribution in [0.2, 0.25) is 0 Å². The van der Waals surface area contributed by atoms with Crippen LogP contribution in [-0.4, -0.2) is 16.7 Å². The molecule has 0 saturated heterocycles. The van der Waals surface area contributed by atoms with Crippen molar-refractivity contribution >= 4 is 0 Å². The van der Waals surface area contributed by atoms with Gasteiger partial charge in [-0.1, -0.05) is 13.8 Å². The molecule has 0 aromatic carbocycles. The zero-order chi connectivity index (χ0) is 8.28. The van der Waals surface area contributed by atoms with Crippen LogP contribution in [0, 0.1) is 11.3 Å². The number of fused-ring (bicyclic) bond motifs is 2. The van der Waals surface area contributed by atoms with Gasteiger partial charge in [-0.25, -0.2) is 0 Å². The number of hydrogen-bond donors (Lipinski definition) is 2. The fourth-order valence-electron chi connectivity index (χ4n) is 2.96. The Bertz CT molecular complexity index is 190. The third-order valence-corrected chi connectivity index (χ3v) is 4.23. The van der Waals surface area contributed by atoms with E-state index in [1.807, 2.05) is 0 Å². The molecule has 0 aromatic heterocycles. The summed E-state index contributed by atoms with van der Waals surface area (Å²) in [5.41, 5.74) is 6.05. The lowest BCUT2D eigenvalue weighted by molar-refractivity contribution is 0.0670. The molecule has 0 unspecified atom stereocenters. The highest BCUT2D eigenvalue weighted by atomic mass is 16.3. The first-order valence-corrected chi connectivity index (χ1v) is 4.45. The first kappa shape index (κ1) is 7.56. The Morgan fingerprint density at radius 2 is 2.09 bits per heavy atom. The normalized spacial score (nSPS) is 53.5. The molecular weight excluding hydrogens is 138 g/mol. The van der Waals surface area contributed by atoms with Gasteiger partial charge in [-0.2, -0.15) is 0 Å². The van der Waals surface area contributed by atoms with Gasteiger partial charge in [0.2, 0.25) is 0 Å². The van der Waals surface area contributed by atoms with Gasteiger partial charge in [0, 0.05) is 5.54 Å². The van der Waals surface area contributed by atoms with Gasteiger partial charge in [-0.3, -0.25) is 0 Å². The second-order valence-corrected chi connectivity index (χ2v) is 4.75. The van der Waals surface area contributed by atoms with Crippen molar-refractivity contribution < 1.29 is 5.11 Å². The maximum atomic E-state index is 9.69. The Hall–Kier alpha value is -0.0800. The number of rotatable bonds is 0. The third-order valence-electron chi connectivity index (χ3n) is 4.23. The highest BCUT2D eigenvalue weighted by Gasteiger charge is 2.61. The van der Waals surface area contributed by atoms with Crippen molar-refractivity contribution in [3.63, 3.8) is 0 Å². The van der Waals surface area contributed by atoms with Crippen molar-refractivity contribution in [2.24, 2.45) is 17.1 Å². The van der Waals surface area contributed by atoms with E-state index in [4.69, 9.17) is 5.73 Å². The lowest BCUT2D eigenvalue weighted by atomic mass is 9.76. The van der Waals surface area contributed by atoms with Crippen LogP contribution in [0.15, 0.2) is 0 Å².